The van der Waals surface area contributed by atoms with Crippen molar-refractivity contribution in [1.82, 2.24) is 9.47 Å². The number of para-hydroxylation sites is 1. The Balaban J connectivity index is 1.64. The molecule has 0 aliphatic carbocycles. The van der Waals surface area contributed by atoms with Gasteiger partial charge in [0.05, 0.1) is 6.42 Å². The van der Waals surface area contributed by atoms with E-state index < -0.39 is 11.6 Å². The maximum absolute atomic E-state index is 13.2. The molecular weight excluding hydrogens is 380 g/mol. The van der Waals surface area contributed by atoms with Crippen LogP contribution in [0.2, 0.25) is 0 Å². The number of carbonyl (C=O) groups excluding carboxylic acids is 1. The Morgan fingerprint density at radius 1 is 1.13 bits per heavy atom. The Morgan fingerprint density at radius 2 is 1.80 bits per heavy atom. The zero-order chi connectivity index (χ0) is 21.5. The number of benzene rings is 2. The third-order valence-corrected chi connectivity index (χ3v) is 6.25. The number of carboxylic acids is 1. The third kappa shape index (κ3) is 3.37. The number of amides is 1. The van der Waals surface area contributed by atoms with E-state index in [0.717, 1.165) is 28.6 Å². The summed E-state index contributed by atoms with van der Waals surface area (Å²) in [6.45, 7) is 2.11. The van der Waals surface area contributed by atoms with Crippen LogP contribution in [0.3, 0.4) is 0 Å². The molecule has 2 heterocycles. The number of likely N-dealkylation sites (N-methyl/N-ethyl adjacent to an activating group) is 1. The molecule has 6 nitrogen and oxygen atoms in total. The summed E-state index contributed by atoms with van der Waals surface area (Å²) >= 11 is 0. The largest absolute Gasteiger partial charge is 0.481 e. The average molecular weight is 406 g/mol. The number of aromatic nitrogens is 1. The third-order valence-electron chi connectivity index (χ3n) is 6.25. The minimum atomic E-state index is -1.61. The lowest BCUT2D eigenvalue weighted by molar-refractivity contribution is -0.152. The highest BCUT2D eigenvalue weighted by Crippen LogP contribution is 2.33. The van der Waals surface area contributed by atoms with Crippen molar-refractivity contribution in [2.24, 2.45) is 0 Å². The fourth-order valence-electron chi connectivity index (χ4n) is 4.59. The van der Waals surface area contributed by atoms with Gasteiger partial charge >= 0.3 is 5.97 Å². The van der Waals surface area contributed by atoms with Gasteiger partial charge in [-0.2, -0.15) is 0 Å². The molecule has 3 aromatic rings. The molecule has 0 radical (unpaired) electrons. The lowest BCUT2D eigenvalue weighted by Gasteiger charge is -2.37. The molecular formula is C24H26N2O4. The summed E-state index contributed by atoms with van der Waals surface area (Å²) in [5.74, 6) is -1.19. The molecule has 1 aliphatic heterocycles. The molecule has 30 heavy (non-hydrogen) atoms. The van der Waals surface area contributed by atoms with E-state index in [2.05, 4.69) is 4.57 Å². The van der Waals surface area contributed by atoms with Crippen molar-refractivity contribution >= 4 is 22.8 Å². The lowest BCUT2D eigenvalue weighted by atomic mass is 9.93. The van der Waals surface area contributed by atoms with Gasteiger partial charge in [0, 0.05) is 36.2 Å². The van der Waals surface area contributed by atoms with Crippen LogP contribution < -0.4 is 0 Å². The Labute approximate surface area is 175 Å². The van der Waals surface area contributed by atoms with E-state index in [9.17, 15) is 19.8 Å². The highest BCUT2D eigenvalue weighted by molar-refractivity contribution is 5.89. The van der Waals surface area contributed by atoms with Crippen LogP contribution in [0, 0.1) is 0 Å². The molecule has 2 aromatic carbocycles. The van der Waals surface area contributed by atoms with Crippen LogP contribution in [0.4, 0.5) is 0 Å². The molecule has 156 valence electrons. The van der Waals surface area contributed by atoms with Gasteiger partial charge < -0.3 is 19.7 Å². The van der Waals surface area contributed by atoms with Gasteiger partial charge in [-0.15, -0.1) is 0 Å². The topological polar surface area (TPSA) is 82.8 Å². The molecule has 2 unspecified atom stereocenters. The molecule has 0 saturated carbocycles. The van der Waals surface area contributed by atoms with Gasteiger partial charge in [0.2, 0.25) is 0 Å². The first-order valence-corrected chi connectivity index (χ1v) is 10.2. The molecule has 0 saturated heterocycles. The first-order valence-electron chi connectivity index (χ1n) is 10.2. The van der Waals surface area contributed by atoms with Gasteiger partial charge in [0.25, 0.3) is 5.91 Å². The number of hydrogen-bond donors (Lipinski definition) is 2. The van der Waals surface area contributed by atoms with Crippen molar-refractivity contribution < 1.29 is 19.8 Å². The Kier molecular flexibility index (Phi) is 5.12. The quantitative estimate of drug-likeness (QED) is 0.683. The van der Waals surface area contributed by atoms with E-state index >= 15 is 0 Å². The van der Waals surface area contributed by atoms with Crippen LogP contribution in [0.1, 0.15) is 30.2 Å². The Bertz CT molecular complexity index is 1100. The molecule has 0 bridgehead atoms. The van der Waals surface area contributed by atoms with Gasteiger partial charge in [-0.3, -0.25) is 9.59 Å². The highest BCUT2D eigenvalue weighted by Gasteiger charge is 2.38. The highest BCUT2D eigenvalue weighted by atomic mass is 16.4. The molecule has 0 fully saturated rings. The minimum Gasteiger partial charge on any atom is -0.481 e. The number of rotatable bonds is 5. The molecule has 2 atom stereocenters. The van der Waals surface area contributed by atoms with Gasteiger partial charge in [-0.05, 0) is 37.0 Å². The summed E-state index contributed by atoms with van der Waals surface area (Å²) in [5, 5.41) is 21.3. The monoisotopic (exact) mass is 406 g/mol. The van der Waals surface area contributed by atoms with Gasteiger partial charge in [-0.25, -0.2) is 0 Å². The molecule has 1 aliphatic rings. The molecule has 0 spiro atoms. The molecule has 4 rings (SSSR count). The van der Waals surface area contributed by atoms with Crippen molar-refractivity contribution in [3.05, 3.63) is 71.4 Å². The second-order valence-electron chi connectivity index (χ2n) is 8.17. The van der Waals surface area contributed by atoms with E-state index in [0.29, 0.717) is 18.5 Å². The van der Waals surface area contributed by atoms with E-state index in [-0.39, 0.29) is 18.4 Å². The smallest absolute Gasteiger partial charge is 0.307 e. The summed E-state index contributed by atoms with van der Waals surface area (Å²) in [4.78, 5) is 26.2. The fraction of sp³-hybridized carbons (Fsp3) is 0.333. The lowest BCUT2D eigenvalue weighted by Crippen LogP contribution is -2.50. The zero-order valence-electron chi connectivity index (χ0n) is 17.2. The van der Waals surface area contributed by atoms with Gasteiger partial charge in [-0.1, -0.05) is 48.5 Å². The molecule has 1 aromatic heterocycles. The number of aliphatic hydroxyl groups is 1. The average Bonchev–Trinajstić information content (AvgIpc) is 3.06. The van der Waals surface area contributed by atoms with Gasteiger partial charge in [0.1, 0.15) is 0 Å². The summed E-state index contributed by atoms with van der Waals surface area (Å²) in [6.07, 6.45) is 1.40. The van der Waals surface area contributed by atoms with E-state index in [1.165, 1.54) is 6.92 Å². The Hall–Kier alpha value is -3.12. The van der Waals surface area contributed by atoms with Crippen molar-refractivity contribution in [2.45, 2.75) is 44.4 Å². The number of aliphatic carboxylic acids is 1. The fourth-order valence-corrected chi connectivity index (χ4v) is 4.59. The number of carboxylic acid groups (broad SMARTS) is 1. The van der Waals surface area contributed by atoms with E-state index in [1.54, 1.807) is 36.2 Å². The standard InChI is InChI=1S/C24H26N2O4/c1-24(30,16-8-4-3-5-9-16)23(29)25(2)17-12-13-21-19(14-22(27)28)18-10-6-7-11-20(18)26(21)15-17/h3-11,17,30H,12-15H2,1-2H3,(H,27,28). The SMILES string of the molecule is CN(C(=O)C(C)(O)c1ccccc1)C1CCc2c(CC(=O)O)c3ccccc3n2C1. The van der Waals surface area contributed by atoms with Crippen molar-refractivity contribution in [3.63, 3.8) is 0 Å². The summed E-state index contributed by atoms with van der Waals surface area (Å²) in [7, 11) is 1.74. The molecule has 2 N–H and O–H groups in total. The van der Waals surface area contributed by atoms with Crippen molar-refractivity contribution in [1.29, 1.82) is 0 Å². The van der Waals surface area contributed by atoms with Crippen molar-refractivity contribution in [2.75, 3.05) is 7.05 Å². The summed E-state index contributed by atoms with van der Waals surface area (Å²) in [6, 6.07) is 16.7. The number of nitrogens with zero attached hydrogens (tertiary/aromatic N) is 2. The van der Waals surface area contributed by atoms with Crippen LogP contribution in [0.15, 0.2) is 54.6 Å². The first-order chi connectivity index (χ1) is 14.3. The minimum absolute atomic E-state index is 0.00893. The van der Waals surface area contributed by atoms with E-state index in [1.807, 2.05) is 30.3 Å². The van der Waals surface area contributed by atoms with Crippen molar-refractivity contribution in [3.8, 4) is 0 Å². The second kappa shape index (κ2) is 7.61. The number of hydrogen-bond acceptors (Lipinski definition) is 3. The van der Waals surface area contributed by atoms with Crippen LogP contribution in [-0.2, 0) is 34.6 Å². The van der Waals surface area contributed by atoms with E-state index in [4.69, 9.17) is 0 Å². The van der Waals surface area contributed by atoms with Crippen LogP contribution in [-0.4, -0.2) is 44.6 Å². The molecule has 6 heteroatoms. The zero-order valence-corrected chi connectivity index (χ0v) is 17.2. The maximum atomic E-state index is 13.2. The predicted octanol–water partition coefficient (Wildman–Crippen LogP) is 2.95. The second-order valence-corrected chi connectivity index (χ2v) is 8.17. The first kappa shape index (κ1) is 20.2. The summed E-state index contributed by atoms with van der Waals surface area (Å²) < 4.78 is 2.14. The Morgan fingerprint density at radius 3 is 2.50 bits per heavy atom. The van der Waals surface area contributed by atoms with Crippen LogP contribution >= 0.6 is 0 Å². The van der Waals surface area contributed by atoms with Crippen LogP contribution in [0.5, 0.6) is 0 Å². The number of carbonyl (C=O) groups is 2. The predicted molar refractivity (Wildman–Crippen MR) is 114 cm³/mol. The van der Waals surface area contributed by atoms with Crippen LogP contribution in [0.25, 0.3) is 10.9 Å². The number of fused-ring (bicyclic) bond motifs is 3. The normalized spacial score (nSPS) is 17.9. The molecule has 1 amide bonds. The maximum Gasteiger partial charge on any atom is 0.307 e. The van der Waals surface area contributed by atoms with Gasteiger partial charge in [0.15, 0.2) is 5.60 Å². The summed E-state index contributed by atoms with van der Waals surface area (Å²) in [5.41, 5.74) is 1.84.